The van der Waals surface area contributed by atoms with Gasteiger partial charge in [0.2, 0.25) is 4.45 Å². The van der Waals surface area contributed by atoms with Crippen molar-refractivity contribution in [1.82, 2.24) is 0 Å². The third kappa shape index (κ3) is 64.3. The van der Waals surface area contributed by atoms with Crippen LogP contribution in [0.25, 0.3) is 0 Å². The second-order valence-electron chi connectivity index (χ2n) is 10.0. The average molecular weight is 864 g/mol. The summed E-state index contributed by atoms with van der Waals surface area (Å²) in [7, 11) is 0. The van der Waals surface area contributed by atoms with Crippen molar-refractivity contribution in [3.63, 3.8) is 0 Å². The first kappa shape index (κ1) is 59.9. The number of carbonyl (C=O) groups is 1. The molecule has 0 aromatic carbocycles. The van der Waals surface area contributed by atoms with E-state index >= 15 is 0 Å². The molecule has 280 valence electrons. The van der Waals surface area contributed by atoms with Gasteiger partial charge < -0.3 is 0 Å². The summed E-state index contributed by atoms with van der Waals surface area (Å²) in [5.74, 6) is 0. The maximum atomic E-state index is 13.0. The van der Waals surface area contributed by atoms with Crippen molar-refractivity contribution in [1.29, 1.82) is 5.41 Å². The molecule has 20 heteroatoms. The fourth-order valence-electron chi connectivity index (χ4n) is 1.52. The van der Waals surface area contributed by atoms with Gasteiger partial charge in [-0.2, -0.15) is 0 Å². The van der Waals surface area contributed by atoms with Gasteiger partial charge in [-0.1, -0.05) is 128 Å². The molecule has 0 aliphatic carbocycles. The number of carbonyl (C=O) groups excluding carboxylic acids is 1. The second kappa shape index (κ2) is 29.3. The zero-order valence-corrected chi connectivity index (χ0v) is 35.5. The molecular weight excluding hydrogens is 815 g/mol. The van der Waals surface area contributed by atoms with Crippen LogP contribution in [0.2, 0.25) is 0 Å². The molecule has 0 radical (unpaired) electrons. The Balaban J connectivity index is -0.000000115. The van der Waals surface area contributed by atoms with Crippen LogP contribution in [-0.2, 0) is 0 Å². The number of nitrogens with one attached hydrogen (secondary N) is 1. The van der Waals surface area contributed by atoms with Crippen molar-refractivity contribution in [2.75, 3.05) is 0 Å². The molecule has 0 aliphatic heterocycles. The van der Waals surface area contributed by atoms with Gasteiger partial charge in [0.15, 0.2) is 25.5 Å². The Morgan fingerprint density at radius 3 is 1.02 bits per heavy atom. The Morgan fingerprint density at radius 1 is 0.565 bits per heavy atom. The highest BCUT2D eigenvalue weighted by molar-refractivity contribution is 8.48. The van der Waals surface area contributed by atoms with E-state index < -0.39 is 36.5 Å². The Labute approximate surface area is 316 Å². The average Bonchev–Trinajstić information content (AvgIpc) is 2.60. The first-order valence-corrected chi connectivity index (χ1v) is 20.2. The Hall–Kier alpha value is 1.76. The number of rotatable bonds is 8. The predicted octanol–water partition coefficient (Wildman–Crippen LogP) is 15.4. The van der Waals surface area contributed by atoms with Gasteiger partial charge in [0, 0.05) is 5.25 Å². The minimum atomic E-state index is -1.50. The fraction of sp³-hybridized carbons (Fsp3) is 0.846. The van der Waals surface area contributed by atoms with Gasteiger partial charge in [-0.25, -0.2) is 30.7 Å². The summed E-state index contributed by atoms with van der Waals surface area (Å²) in [5.41, 5.74) is -3.17. The van der Waals surface area contributed by atoms with E-state index in [1.54, 1.807) is 0 Å². The van der Waals surface area contributed by atoms with E-state index in [0.29, 0.717) is 7.06 Å². The molecule has 0 spiro atoms. The van der Waals surface area contributed by atoms with Crippen LogP contribution in [0.15, 0.2) is 0 Å². The summed E-state index contributed by atoms with van der Waals surface area (Å²) in [5, 5.41) is 1.64. The number of hydrogen-bond donors (Lipinski definition) is 1. The summed E-state index contributed by atoms with van der Waals surface area (Å²) in [4.78, 5) is 10.7. The van der Waals surface area contributed by atoms with Crippen molar-refractivity contribution in [2.24, 2.45) is 0 Å². The summed E-state index contributed by atoms with van der Waals surface area (Å²) in [6.45, 7) is 18.9. The van der Waals surface area contributed by atoms with Crippen LogP contribution in [0.1, 0.15) is 97.4 Å². The van der Waals surface area contributed by atoms with E-state index in [1.807, 2.05) is 13.8 Å². The number of halogens is 8. The van der Waals surface area contributed by atoms with Crippen molar-refractivity contribution in [3.05, 3.63) is 0 Å². The lowest BCUT2D eigenvalue weighted by Gasteiger charge is -2.17. The highest BCUT2D eigenvalue weighted by atomic mass is 32.2. The van der Waals surface area contributed by atoms with E-state index in [9.17, 15) is 35.5 Å². The van der Waals surface area contributed by atoms with E-state index in [2.05, 4.69) is 12.2 Å². The summed E-state index contributed by atoms with van der Waals surface area (Å²) in [6, 6.07) is 0. The van der Waals surface area contributed by atoms with Crippen molar-refractivity contribution >= 4 is 134 Å². The van der Waals surface area contributed by atoms with Gasteiger partial charge in [-0.05, 0) is 87.9 Å². The molecule has 1 N–H and O–H groups in total. The fourth-order valence-corrected chi connectivity index (χ4v) is 11.3. The van der Waals surface area contributed by atoms with Crippen LogP contribution in [-0.4, -0.2) is 57.6 Å². The molecule has 0 fully saturated rings. The highest BCUT2D eigenvalue weighted by Crippen LogP contribution is 2.38. The van der Waals surface area contributed by atoms with Gasteiger partial charge in [-0.3, -0.25) is 14.9 Å². The van der Waals surface area contributed by atoms with Crippen molar-refractivity contribution in [2.45, 2.75) is 139 Å². The SMILES string of the molecule is C.CC(C)(F)SC(=N)SC(C)(C)F.CC(C)(F)SC(=S)SC(C)(C)F.CC(C)SC(=O)SC(C)F.CC(F)SC(=S)SC(C)F.F. The standard InChI is InChI=1S/C7H13F2NS2.C7H12F2S3.C6H11FOS2.C5H8F2S3.CH4.FH/c2*1-6(2,8)11-5(10)12-7(3,4)9;1-4(2)9-6(8)10-5(3)7;1-3(6)9-5(8)10-4(2)7;;/h10H,1-4H3;1-4H3;4-5H,1-3H3;3-4H,1-2H3;1H4;1H. The number of hydrogen-bond acceptors (Lipinski definition) is 12. The summed E-state index contributed by atoms with van der Waals surface area (Å²) < 4.78 is 88.6. The molecule has 0 heterocycles. The molecular formula is C26H49F8NOS10. The highest BCUT2D eigenvalue weighted by Gasteiger charge is 2.26. The first-order valence-electron chi connectivity index (χ1n) is 12.6. The Bertz CT molecular complexity index is 713. The van der Waals surface area contributed by atoms with Crippen LogP contribution in [0.3, 0.4) is 0 Å². The van der Waals surface area contributed by atoms with E-state index in [4.69, 9.17) is 17.6 Å². The molecule has 46 heavy (non-hydrogen) atoms. The largest absolute Gasteiger partial charge is 0.288 e. The van der Waals surface area contributed by atoms with Gasteiger partial charge in [0.25, 0.3) is 0 Å². The lowest BCUT2D eigenvalue weighted by Crippen LogP contribution is -2.13. The zero-order valence-electron chi connectivity index (χ0n) is 27.4. The quantitative estimate of drug-likeness (QED) is 0.110. The topological polar surface area (TPSA) is 40.9 Å². The normalized spacial score (nSPS) is 13.4. The molecule has 0 saturated heterocycles. The minimum absolute atomic E-state index is 0. The monoisotopic (exact) mass is 863 g/mol. The van der Waals surface area contributed by atoms with E-state index in [0.717, 1.165) is 82.3 Å². The van der Waals surface area contributed by atoms with Crippen LogP contribution in [0.5, 0.6) is 0 Å². The van der Waals surface area contributed by atoms with Gasteiger partial charge in [0.05, 0.1) is 0 Å². The van der Waals surface area contributed by atoms with Gasteiger partial charge in [-0.15, -0.1) is 0 Å². The van der Waals surface area contributed by atoms with E-state index in [-0.39, 0.29) is 26.2 Å². The Morgan fingerprint density at radius 2 is 0.826 bits per heavy atom. The molecule has 0 bridgehead atoms. The molecule has 0 aromatic rings. The molecule has 3 atom stereocenters. The summed E-state index contributed by atoms with van der Waals surface area (Å²) in [6.07, 6.45) is 0. The van der Waals surface area contributed by atoms with Crippen molar-refractivity contribution in [3.8, 4) is 0 Å². The second-order valence-corrected chi connectivity index (χ2v) is 24.7. The van der Waals surface area contributed by atoms with Gasteiger partial charge in [0.1, 0.15) is 22.4 Å². The van der Waals surface area contributed by atoms with Crippen molar-refractivity contribution < 1.29 is 40.2 Å². The number of thiocarbonyl (C=S) groups is 2. The van der Waals surface area contributed by atoms with Crippen LogP contribution >= 0.6 is 119 Å². The third-order valence-electron chi connectivity index (χ3n) is 2.43. The molecule has 2 nitrogen and oxygen atoms in total. The third-order valence-corrected chi connectivity index (χ3v) is 10.5. The lowest BCUT2D eigenvalue weighted by molar-refractivity contribution is 0.276. The predicted molar refractivity (Wildman–Crippen MR) is 216 cm³/mol. The van der Waals surface area contributed by atoms with Gasteiger partial charge >= 0.3 is 0 Å². The van der Waals surface area contributed by atoms with Crippen LogP contribution < -0.4 is 0 Å². The molecule has 0 amide bonds. The molecule has 0 aliphatic rings. The lowest BCUT2D eigenvalue weighted by atomic mass is 10.5. The van der Waals surface area contributed by atoms with E-state index in [1.165, 1.54) is 87.9 Å². The maximum absolute atomic E-state index is 13.0. The maximum Gasteiger partial charge on any atom is 0.249 e. The molecule has 0 saturated carbocycles. The smallest absolute Gasteiger partial charge is 0.249 e. The Kier molecular flexibility index (Phi) is 38.2. The molecule has 3 unspecified atom stereocenters. The summed E-state index contributed by atoms with van der Waals surface area (Å²) >= 11 is 16.3. The first-order chi connectivity index (χ1) is 19.2. The molecule has 0 aromatic heterocycles. The zero-order chi connectivity index (χ0) is 36.3. The number of thioether (sulfide) groups is 8. The number of alkyl halides is 7. The van der Waals surface area contributed by atoms with Crippen LogP contribution in [0, 0.1) is 5.41 Å². The minimum Gasteiger partial charge on any atom is -0.288 e. The molecule has 0 rings (SSSR count). The van der Waals surface area contributed by atoms with Crippen LogP contribution in [0.4, 0.5) is 40.2 Å².